The molecule has 0 aliphatic heterocycles. The molecular weight excluding hydrogens is 105 g/mol. The van der Waals surface area contributed by atoms with E-state index in [1.54, 1.807) is 0 Å². The quantitative estimate of drug-likeness (QED) is 0.519. The molecule has 0 N–H and O–H groups in total. The van der Waals surface area contributed by atoms with Crippen molar-refractivity contribution < 1.29 is 13.2 Å². The van der Waals surface area contributed by atoms with Crippen molar-refractivity contribution in [3.63, 3.8) is 0 Å². The highest BCUT2D eigenvalue weighted by atomic mass is 19.1. The summed E-state index contributed by atoms with van der Waals surface area (Å²) in [4.78, 5) is 0. The first-order valence-corrected chi connectivity index (χ1v) is 2.03. The number of alkyl halides is 3. The highest BCUT2D eigenvalue weighted by Crippen LogP contribution is 1.97. The highest BCUT2D eigenvalue weighted by Gasteiger charge is 2.04. The van der Waals surface area contributed by atoms with Gasteiger partial charge >= 0.3 is 0 Å². The van der Waals surface area contributed by atoms with Gasteiger partial charge in [0.15, 0.2) is 0 Å². The van der Waals surface area contributed by atoms with Crippen molar-refractivity contribution >= 4 is 0 Å². The molecule has 0 amide bonds. The Morgan fingerprint density at radius 1 is 0.857 bits per heavy atom. The summed E-state index contributed by atoms with van der Waals surface area (Å²) in [6.45, 7) is -2.69. The molecule has 0 aromatic heterocycles. The van der Waals surface area contributed by atoms with Crippen LogP contribution in [0.2, 0.25) is 0 Å². The molecule has 44 valence electrons. The van der Waals surface area contributed by atoms with E-state index >= 15 is 0 Å². The fourth-order valence-corrected chi connectivity index (χ4v) is 0.124. The molecule has 0 nitrogen and oxygen atoms in total. The van der Waals surface area contributed by atoms with Crippen LogP contribution in [-0.4, -0.2) is 20.0 Å². The summed E-state index contributed by atoms with van der Waals surface area (Å²) in [5.74, 6) is -1.01. The second-order valence-electron chi connectivity index (χ2n) is 1.33. The third kappa shape index (κ3) is 2.48. The van der Waals surface area contributed by atoms with Crippen LogP contribution in [0.1, 0.15) is 0 Å². The SMILES string of the molecule is FCC(CF)CF. The molecule has 0 aromatic rings. The normalized spacial score (nSPS) is 10.3. The number of hydrogen-bond acceptors (Lipinski definition) is 0. The minimum Gasteiger partial charge on any atom is -0.251 e. The van der Waals surface area contributed by atoms with Gasteiger partial charge in [0.05, 0.1) is 20.0 Å². The van der Waals surface area contributed by atoms with Gasteiger partial charge in [0, 0.05) is 5.92 Å². The van der Waals surface area contributed by atoms with E-state index in [1.807, 2.05) is 0 Å². The third-order valence-corrected chi connectivity index (χ3v) is 0.655. The Morgan fingerprint density at radius 2 is 1.14 bits per heavy atom. The zero-order valence-corrected chi connectivity index (χ0v) is 3.83. The minimum absolute atomic E-state index is 0.896. The zero-order chi connectivity index (χ0) is 5.70. The van der Waals surface area contributed by atoms with Crippen LogP contribution in [0.3, 0.4) is 0 Å². The lowest BCUT2D eigenvalue weighted by atomic mass is 10.2. The fourth-order valence-electron chi connectivity index (χ4n) is 0.124. The Bertz CT molecular complexity index is 28.4. The molecular formula is C4H7F3. The van der Waals surface area contributed by atoms with E-state index in [2.05, 4.69) is 0 Å². The van der Waals surface area contributed by atoms with E-state index in [-0.39, 0.29) is 0 Å². The number of hydrogen-bond donors (Lipinski definition) is 0. The molecule has 0 saturated heterocycles. The fraction of sp³-hybridized carbons (Fsp3) is 1.00. The molecule has 7 heavy (non-hydrogen) atoms. The van der Waals surface area contributed by atoms with Gasteiger partial charge in [-0.2, -0.15) is 0 Å². The summed E-state index contributed by atoms with van der Waals surface area (Å²) < 4.78 is 33.5. The molecule has 0 spiro atoms. The molecule has 0 rings (SSSR count). The lowest BCUT2D eigenvalue weighted by molar-refractivity contribution is 0.239. The van der Waals surface area contributed by atoms with Gasteiger partial charge in [-0.25, -0.2) is 0 Å². The minimum atomic E-state index is -1.01. The van der Waals surface area contributed by atoms with Crippen LogP contribution in [0.4, 0.5) is 13.2 Å². The van der Waals surface area contributed by atoms with Crippen LogP contribution in [0.25, 0.3) is 0 Å². The second kappa shape index (κ2) is 3.96. The molecule has 0 unspecified atom stereocenters. The number of rotatable bonds is 3. The summed E-state index contributed by atoms with van der Waals surface area (Å²) >= 11 is 0. The van der Waals surface area contributed by atoms with Gasteiger partial charge in [0.2, 0.25) is 0 Å². The van der Waals surface area contributed by atoms with Crippen LogP contribution in [-0.2, 0) is 0 Å². The molecule has 3 heteroatoms. The maximum atomic E-state index is 11.2. The average molecular weight is 112 g/mol. The van der Waals surface area contributed by atoms with Crippen LogP contribution < -0.4 is 0 Å². The Balaban J connectivity index is 2.99. The van der Waals surface area contributed by atoms with Crippen molar-refractivity contribution in [2.24, 2.45) is 5.92 Å². The van der Waals surface area contributed by atoms with E-state index in [9.17, 15) is 13.2 Å². The smallest absolute Gasteiger partial charge is 0.0972 e. The van der Waals surface area contributed by atoms with Gasteiger partial charge in [0.25, 0.3) is 0 Å². The molecule has 0 bridgehead atoms. The van der Waals surface area contributed by atoms with Crippen LogP contribution in [0, 0.1) is 5.92 Å². The van der Waals surface area contributed by atoms with Gasteiger partial charge in [-0.15, -0.1) is 0 Å². The summed E-state index contributed by atoms with van der Waals surface area (Å²) in [6, 6.07) is 0. The Labute approximate surface area is 40.3 Å². The molecule has 0 aliphatic rings. The summed E-state index contributed by atoms with van der Waals surface area (Å²) in [6.07, 6.45) is 0. The number of halogens is 3. The van der Waals surface area contributed by atoms with Crippen LogP contribution >= 0.6 is 0 Å². The molecule has 0 fully saturated rings. The molecule has 0 atom stereocenters. The topological polar surface area (TPSA) is 0 Å². The van der Waals surface area contributed by atoms with Crippen molar-refractivity contribution in [2.45, 2.75) is 0 Å². The lowest BCUT2D eigenvalue weighted by Crippen LogP contribution is -2.06. The van der Waals surface area contributed by atoms with Gasteiger partial charge in [-0.05, 0) is 0 Å². The second-order valence-corrected chi connectivity index (χ2v) is 1.33. The average Bonchev–Trinajstić information content (AvgIpc) is 1.72. The van der Waals surface area contributed by atoms with Crippen LogP contribution in [0.5, 0.6) is 0 Å². The lowest BCUT2D eigenvalue weighted by Gasteiger charge is -1.97. The van der Waals surface area contributed by atoms with Crippen molar-refractivity contribution in [3.05, 3.63) is 0 Å². The molecule has 0 radical (unpaired) electrons. The van der Waals surface area contributed by atoms with Crippen molar-refractivity contribution in [3.8, 4) is 0 Å². The maximum absolute atomic E-state index is 11.2. The highest BCUT2D eigenvalue weighted by molar-refractivity contribution is 4.50. The van der Waals surface area contributed by atoms with Crippen molar-refractivity contribution in [2.75, 3.05) is 20.0 Å². The summed E-state index contributed by atoms with van der Waals surface area (Å²) in [5, 5.41) is 0. The predicted molar refractivity (Wildman–Crippen MR) is 21.4 cm³/mol. The van der Waals surface area contributed by atoms with Gasteiger partial charge in [-0.1, -0.05) is 0 Å². The maximum Gasteiger partial charge on any atom is 0.0972 e. The largest absolute Gasteiger partial charge is 0.251 e. The van der Waals surface area contributed by atoms with Crippen molar-refractivity contribution in [1.29, 1.82) is 0 Å². The molecule has 0 heterocycles. The van der Waals surface area contributed by atoms with E-state index in [0.29, 0.717) is 0 Å². The van der Waals surface area contributed by atoms with E-state index < -0.39 is 25.9 Å². The first-order valence-electron chi connectivity index (χ1n) is 2.03. The zero-order valence-electron chi connectivity index (χ0n) is 3.83. The first-order chi connectivity index (χ1) is 3.35. The molecule has 0 saturated carbocycles. The van der Waals surface area contributed by atoms with E-state index in [4.69, 9.17) is 0 Å². The van der Waals surface area contributed by atoms with E-state index in [0.717, 1.165) is 0 Å². The van der Waals surface area contributed by atoms with Gasteiger partial charge in [0.1, 0.15) is 0 Å². The van der Waals surface area contributed by atoms with Gasteiger partial charge < -0.3 is 0 Å². The van der Waals surface area contributed by atoms with Gasteiger partial charge in [-0.3, -0.25) is 13.2 Å². The van der Waals surface area contributed by atoms with E-state index in [1.165, 1.54) is 0 Å². The summed E-state index contributed by atoms with van der Waals surface area (Å²) in [7, 11) is 0. The molecule has 0 aliphatic carbocycles. The third-order valence-electron chi connectivity index (χ3n) is 0.655. The standard InChI is InChI=1S/C4H7F3/c5-1-4(2-6)3-7/h4H,1-3H2. The Kier molecular flexibility index (Phi) is 3.84. The van der Waals surface area contributed by atoms with Crippen molar-refractivity contribution in [1.82, 2.24) is 0 Å². The predicted octanol–water partition coefficient (Wildman–Crippen LogP) is 1.51. The van der Waals surface area contributed by atoms with Crippen LogP contribution in [0.15, 0.2) is 0 Å². The Morgan fingerprint density at radius 3 is 1.14 bits per heavy atom. The molecule has 0 aromatic carbocycles. The summed E-state index contributed by atoms with van der Waals surface area (Å²) in [5.41, 5.74) is 0. The monoisotopic (exact) mass is 112 g/mol. The Hall–Kier alpha value is -0.210. The first kappa shape index (κ1) is 6.79.